The van der Waals surface area contributed by atoms with Gasteiger partial charge in [0.25, 0.3) is 0 Å². The molecule has 1 aliphatic rings. The summed E-state index contributed by atoms with van der Waals surface area (Å²) in [4.78, 5) is 11.4. The molecule has 0 amide bonds. The second kappa shape index (κ2) is 8.26. The highest BCUT2D eigenvalue weighted by Crippen LogP contribution is 2.34. The van der Waals surface area contributed by atoms with Gasteiger partial charge in [-0.25, -0.2) is 4.79 Å². The van der Waals surface area contributed by atoms with Gasteiger partial charge in [-0.15, -0.1) is 0 Å². The molecule has 1 aliphatic carbocycles. The summed E-state index contributed by atoms with van der Waals surface area (Å²) in [5.41, 5.74) is 2.41. The van der Waals surface area contributed by atoms with Crippen molar-refractivity contribution in [3.8, 4) is 0 Å². The van der Waals surface area contributed by atoms with E-state index in [1.807, 2.05) is 24.3 Å². The van der Waals surface area contributed by atoms with E-state index in [9.17, 15) is 9.90 Å². The molecule has 0 heterocycles. The van der Waals surface area contributed by atoms with Crippen LogP contribution in [-0.2, 0) is 0 Å². The number of anilines is 3. The largest absolute Gasteiger partial charge is 0.478 e. The first kappa shape index (κ1) is 17.6. The first-order valence-corrected chi connectivity index (χ1v) is 9.14. The predicted molar refractivity (Wildman–Crippen MR) is 103 cm³/mol. The molecule has 2 aromatic rings. The molecule has 0 spiro atoms. The molecular weight excluding hydrogens is 336 g/mol. The van der Waals surface area contributed by atoms with E-state index in [-0.39, 0.29) is 5.56 Å². The van der Waals surface area contributed by atoms with Crippen LogP contribution in [0.25, 0.3) is 0 Å². The molecule has 132 valence electrons. The Morgan fingerprint density at radius 2 is 1.76 bits per heavy atom. The van der Waals surface area contributed by atoms with E-state index < -0.39 is 5.97 Å². The third-order valence-electron chi connectivity index (χ3n) is 4.73. The topological polar surface area (TPSA) is 61.4 Å². The molecular formula is C20H23ClN2O2. The summed E-state index contributed by atoms with van der Waals surface area (Å²) in [6.45, 7) is 0.888. The van der Waals surface area contributed by atoms with Crippen LogP contribution >= 0.6 is 11.6 Å². The number of halogens is 1. The number of rotatable bonds is 6. The first-order valence-electron chi connectivity index (χ1n) is 8.77. The maximum absolute atomic E-state index is 11.4. The van der Waals surface area contributed by atoms with Gasteiger partial charge >= 0.3 is 5.97 Å². The molecule has 1 fully saturated rings. The minimum absolute atomic E-state index is 0.237. The van der Waals surface area contributed by atoms with Crippen molar-refractivity contribution in [3.63, 3.8) is 0 Å². The summed E-state index contributed by atoms with van der Waals surface area (Å²) in [5, 5.41) is 16.7. The molecule has 25 heavy (non-hydrogen) atoms. The lowest BCUT2D eigenvalue weighted by molar-refractivity contribution is 0.0698. The number of para-hydroxylation sites is 2. The van der Waals surface area contributed by atoms with Gasteiger partial charge in [0.2, 0.25) is 0 Å². The summed E-state index contributed by atoms with van der Waals surface area (Å²) in [6, 6.07) is 12.5. The molecule has 0 aromatic heterocycles. The zero-order chi connectivity index (χ0) is 17.6. The number of nitrogens with one attached hydrogen (secondary N) is 2. The second-order valence-electron chi connectivity index (χ2n) is 6.52. The molecule has 4 nitrogen and oxygen atoms in total. The van der Waals surface area contributed by atoms with Crippen molar-refractivity contribution in [1.29, 1.82) is 0 Å². The highest BCUT2D eigenvalue weighted by atomic mass is 35.5. The van der Waals surface area contributed by atoms with E-state index in [1.165, 1.54) is 32.1 Å². The highest BCUT2D eigenvalue weighted by Gasteiger charge is 2.16. The van der Waals surface area contributed by atoms with Gasteiger partial charge in [0, 0.05) is 6.54 Å². The molecule has 0 bridgehead atoms. The van der Waals surface area contributed by atoms with Crippen LogP contribution < -0.4 is 10.6 Å². The molecule has 3 rings (SSSR count). The Bertz CT molecular complexity index is 742. The minimum Gasteiger partial charge on any atom is -0.478 e. The first-order chi connectivity index (χ1) is 12.1. The van der Waals surface area contributed by atoms with Crippen LogP contribution in [0.15, 0.2) is 42.5 Å². The number of benzene rings is 2. The summed E-state index contributed by atoms with van der Waals surface area (Å²) in [6.07, 6.45) is 6.43. The Morgan fingerprint density at radius 3 is 2.52 bits per heavy atom. The van der Waals surface area contributed by atoms with Gasteiger partial charge in [0.1, 0.15) is 0 Å². The zero-order valence-corrected chi connectivity index (χ0v) is 14.9. The fourth-order valence-electron chi connectivity index (χ4n) is 3.37. The Morgan fingerprint density at radius 1 is 1.04 bits per heavy atom. The fraction of sp³-hybridized carbons (Fsp3) is 0.350. The van der Waals surface area contributed by atoms with Crippen LogP contribution in [0.4, 0.5) is 17.1 Å². The quantitative estimate of drug-likeness (QED) is 0.613. The van der Waals surface area contributed by atoms with Crippen LogP contribution in [0, 0.1) is 5.92 Å². The second-order valence-corrected chi connectivity index (χ2v) is 6.93. The van der Waals surface area contributed by atoms with Gasteiger partial charge in [0.15, 0.2) is 0 Å². The molecule has 0 aliphatic heterocycles. The van der Waals surface area contributed by atoms with Gasteiger partial charge in [0.05, 0.1) is 27.6 Å². The van der Waals surface area contributed by atoms with E-state index in [4.69, 9.17) is 11.6 Å². The smallest absolute Gasteiger partial charge is 0.337 e. The van der Waals surface area contributed by atoms with Crippen LogP contribution in [0.5, 0.6) is 0 Å². The van der Waals surface area contributed by atoms with E-state index in [0.29, 0.717) is 16.6 Å². The molecule has 0 radical (unpaired) electrons. The van der Waals surface area contributed by atoms with Crippen molar-refractivity contribution in [2.24, 2.45) is 5.92 Å². The lowest BCUT2D eigenvalue weighted by Gasteiger charge is -2.24. The average molecular weight is 359 g/mol. The van der Waals surface area contributed by atoms with Crippen LogP contribution in [0.1, 0.15) is 42.5 Å². The van der Waals surface area contributed by atoms with E-state index in [0.717, 1.165) is 17.9 Å². The summed E-state index contributed by atoms with van der Waals surface area (Å²) in [7, 11) is 0. The number of carboxylic acid groups (broad SMARTS) is 1. The highest BCUT2D eigenvalue weighted by molar-refractivity contribution is 6.34. The maximum atomic E-state index is 11.4. The van der Waals surface area contributed by atoms with Crippen LogP contribution in [-0.4, -0.2) is 17.6 Å². The third kappa shape index (κ3) is 4.45. The van der Waals surface area contributed by atoms with Crippen molar-refractivity contribution in [2.45, 2.75) is 32.1 Å². The molecule has 0 atom stereocenters. The van der Waals surface area contributed by atoms with Crippen molar-refractivity contribution in [2.75, 3.05) is 17.2 Å². The predicted octanol–water partition coefficient (Wildman–Crippen LogP) is 5.77. The number of carboxylic acids is 1. The molecule has 0 saturated heterocycles. The Balaban J connectivity index is 1.80. The van der Waals surface area contributed by atoms with Crippen LogP contribution in [0.2, 0.25) is 5.02 Å². The van der Waals surface area contributed by atoms with E-state index >= 15 is 0 Å². The SMILES string of the molecule is O=C(O)c1ccccc1Nc1cccc(Cl)c1NCC1CCCCC1. The Hall–Kier alpha value is -2.20. The van der Waals surface area contributed by atoms with Gasteiger partial charge in [-0.1, -0.05) is 49.1 Å². The number of aromatic carboxylic acids is 1. The molecule has 1 saturated carbocycles. The lowest BCUT2D eigenvalue weighted by Crippen LogP contribution is -2.18. The number of carbonyl (C=O) groups is 1. The zero-order valence-electron chi connectivity index (χ0n) is 14.1. The Labute approximate surface area is 153 Å². The van der Waals surface area contributed by atoms with Crippen molar-refractivity contribution in [1.82, 2.24) is 0 Å². The maximum Gasteiger partial charge on any atom is 0.337 e. The van der Waals surface area contributed by atoms with Crippen molar-refractivity contribution < 1.29 is 9.90 Å². The standard InChI is InChI=1S/C20H23ClN2O2/c21-16-10-6-12-18(19(16)22-13-14-7-2-1-3-8-14)23-17-11-5-4-9-15(17)20(24)25/h4-6,9-12,14,22-23H,1-3,7-8,13H2,(H,24,25). The number of hydrogen-bond donors (Lipinski definition) is 3. The van der Waals surface area contributed by atoms with E-state index in [1.54, 1.807) is 18.2 Å². The van der Waals surface area contributed by atoms with E-state index in [2.05, 4.69) is 10.6 Å². The summed E-state index contributed by atoms with van der Waals surface area (Å²) >= 11 is 6.40. The van der Waals surface area contributed by atoms with Gasteiger partial charge in [-0.05, 0) is 43.0 Å². The molecule has 0 unspecified atom stereocenters. The molecule has 5 heteroatoms. The summed E-state index contributed by atoms with van der Waals surface area (Å²) < 4.78 is 0. The fourth-order valence-corrected chi connectivity index (χ4v) is 3.61. The lowest BCUT2D eigenvalue weighted by atomic mass is 9.89. The van der Waals surface area contributed by atoms with Crippen LogP contribution in [0.3, 0.4) is 0 Å². The molecule has 2 aromatic carbocycles. The van der Waals surface area contributed by atoms with Gasteiger partial charge in [-0.3, -0.25) is 0 Å². The van der Waals surface area contributed by atoms with Crippen molar-refractivity contribution >= 4 is 34.6 Å². The average Bonchev–Trinajstić information content (AvgIpc) is 2.62. The Kier molecular flexibility index (Phi) is 5.82. The third-order valence-corrected chi connectivity index (χ3v) is 5.05. The summed E-state index contributed by atoms with van der Waals surface area (Å²) in [5.74, 6) is -0.286. The normalized spacial score (nSPS) is 14.9. The number of hydrogen-bond acceptors (Lipinski definition) is 3. The van der Waals surface area contributed by atoms with Crippen molar-refractivity contribution in [3.05, 3.63) is 53.1 Å². The minimum atomic E-state index is -0.957. The van der Waals surface area contributed by atoms with Gasteiger partial charge < -0.3 is 15.7 Å². The monoisotopic (exact) mass is 358 g/mol. The van der Waals surface area contributed by atoms with Gasteiger partial charge in [-0.2, -0.15) is 0 Å². The molecule has 3 N–H and O–H groups in total.